The van der Waals surface area contributed by atoms with Gasteiger partial charge in [0, 0.05) is 12.1 Å². The number of nitrogens with zero attached hydrogens (tertiary/aromatic N) is 1. The van der Waals surface area contributed by atoms with Crippen LogP contribution in [-0.4, -0.2) is 24.2 Å². The van der Waals surface area contributed by atoms with Gasteiger partial charge >= 0.3 is 0 Å². The van der Waals surface area contributed by atoms with Crippen LogP contribution >= 0.6 is 0 Å². The maximum atomic E-state index is 11.4. The van der Waals surface area contributed by atoms with E-state index in [1.54, 1.807) is 13.0 Å². The Labute approximate surface area is 112 Å². The second-order valence-electron chi connectivity index (χ2n) is 4.26. The number of benzene rings is 1. The van der Waals surface area contributed by atoms with Crippen LogP contribution in [0, 0.1) is 18.3 Å². The predicted octanol–water partition coefficient (Wildman–Crippen LogP) is 1.46. The van der Waals surface area contributed by atoms with Crippen molar-refractivity contribution >= 4 is 5.91 Å². The van der Waals surface area contributed by atoms with Gasteiger partial charge in [-0.1, -0.05) is 11.6 Å². The first-order valence-electron chi connectivity index (χ1n) is 6.09. The lowest BCUT2D eigenvalue weighted by Crippen LogP contribution is -2.29. The summed E-state index contributed by atoms with van der Waals surface area (Å²) in [6.45, 7) is 3.75. The third-order valence-electron chi connectivity index (χ3n) is 2.53. The molecule has 1 amide bonds. The molecule has 0 heterocycles. The largest absolute Gasteiger partial charge is 0.483 e. The molecule has 0 fully saturated rings. The summed E-state index contributed by atoms with van der Waals surface area (Å²) < 4.78 is 5.39. The Morgan fingerprint density at radius 1 is 1.58 bits per heavy atom. The molecule has 1 aromatic rings. The first kappa shape index (κ1) is 15.0. The third kappa shape index (κ3) is 4.98. The number of aryl methyl sites for hydroxylation is 1. The first-order valence-corrected chi connectivity index (χ1v) is 6.09. The molecule has 1 rings (SSSR count). The summed E-state index contributed by atoms with van der Waals surface area (Å²) in [5, 5.41) is 20.6. The van der Waals surface area contributed by atoms with E-state index in [9.17, 15) is 9.90 Å². The van der Waals surface area contributed by atoms with E-state index in [4.69, 9.17) is 10.00 Å². The van der Waals surface area contributed by atoms with Crippen molar-refractivity contribution in [3.63, 3.8) is 0 Å². The molecule has 0 bridgehead atoms. The highest BCUT2D eigenvalue weighted by Gasteiger charge is 2.11. The van der Waals surface area contributed by atoms with E-state index >= 15 is 0 Å². The Kier molecular flexibility index (Phi) is 5.83. The minimum absolute atomic E-state index is 0.131. The van der Waals surface area contributed by atoms with Crippen LogP contribution in [0.5, 0.6) is 5.75 Å². The molecule has 0 saturated heterocycles. The maximum absolute atomic E-state index is 11.4. The third-order valence-corrected chi connectivity index (χ3v) is 2.53. The van der Waals surface area contributed by atoms with E-state index in [0.29, 0.717) is 17.9 Å². The number of aliphatic hydroxyl groups is 1. The zero-order valence-corrected chi connectivity index (χ0v) is 11.1. The molecular formula is C14H18N2O3. The van der Waals surface area contributed by atoms with E-state index in [1.165, 1.54) is 0 Å². The van der Waals surface area contributed by atoms with Gasteiger partial charge in [0.2, 0.25) is 0 Å². The fourth-order valence-electron chi connectivity index (χ4n) is 1.58. The van der Waals surface area contributed by atoms with Crippen LogP contribution in [-0.2, 0) is 4.79 Å². The van der Waals surface area contributed by atoms with Gasteiger partial charge in [-0.05, 0) is 26.0 Å². The number of ether oxygens (including phenoxy) is 1. The molecule has 2 N–H and O–H groups in total. The van der Waals surface area contributed by atoms with Crippen molar-refractivity contribution < 1.29 is 14.6 Å². The number of rotatable bonds is 6. The van der Waals surface area contributed by atoms with Crippen LogP contribution in [0.1, 0.15) is 30.6 Å². The molecule has 102 valence electrons. The number of hydrogen-bond acceptors (Lipinski definition) is 4. The summed E-state index contributed by atoms with van der Waals surface area (Å²) in [7, 11) is 0. The van der Waals surface area contributed by atoms with Gasteiger partial charge in [0.1, 0.15) is 5.75 Å². The minimum atomic E-state index is -0.656. The fourth-order valence-corrected chi connectivity index (χ4v) is 1.58. The van der Waals surface area contributed by atoms with Crippen molar-refractivity contribution in [1.29, 1.82) is 5.26 Å². The van der Waals surface area contributed by atoms with E-state index in [0.717, 1.165) is 5.56 Å². The molecule has 0 radical (unpaired) electrons. The molecule has 0 saturated carbocycles. The highest BCUT2D eigenvalue weighted by Crippen LogP contribution is 2.26. The number of carbonyl (C=O) groups is 1. The monoisotopic (exact) mass is 262 g/mol. The Hall–Kier alpha value is -2.06. The van der Waals surface area contributed by atoms with Gasteiger partial charge in [-0.3, -0.25) is 4.79 Å². The van der Waals surface area contributed by atoms with Crippen molar-refractivity contribution in [3.8, 4) is 11.8 Å². The van der Waals surface area contributed by atoms with Crippen molar-refractivity contribution in [1.82, 2.24) is 5.32 Å². The molecule has 0 unspecified atom stereocenters. The van der Waals surface area contributed by atoms with Crippen LogP contribution in [0.25, 0.3) is 0 Å². The number of nitriles is 1. The number of nitrogens with one attached hydrogen (secondary N) is 1. The number of amides is 1. The molecule has 1 atom stereocenters. The highest BCUT2D eigenvalue weighted by molar-refractivity contribution is 5.77. The topological polar surface area (TPSA) is 82.3 Å². The molecule has 0 aliphatic heterocycles. The summed E-state index contributed by atoms with van der Waals surface area (Å²) in [5.41, 5.74) is 1.67. The molecule has 0 aliphatic carbocycles. The maximum Gasteiger partial charge on any atom is 0.257 e. The Balaban J connectivity index is 2.58. The Bertz CT molecular complexity index is 478. The smallest absolute Gasteiger partial charge is 0.257 e. The molecule has 0 aliphatic rings. The van der Waals surface area contributed by atoms with Crippen LogP contribution in [0.15, 0.2) is 18.2 Å². The zero-order chi connectivity index (χ0) is 14.3. The van der Waals surface area contributed by atoms with Gasteiger partial charge < -0.3 is 15.2 Å². The summed E-state index contributed by atoms with van der Waals surface area (Å²) in [6, 6.07) is 7.36. The molecule has 5 nitrogen and oxygen atoms in total. The lowest BCUT2D eigenvalue weighted by atomic mass is 10.1. The van der Waals surface area contributed by atoms with Crippen LogP contribution in [0.3, 0.4) is 0 Å². The van der Waals surface area contributed by atoms with Gasteiger partial charge in [-0.2, -0.15) is 5.26 Å². The molecular weight excluding hydrogens is 244 g/mol. The number of hydrogen-bond donors (Lipinski definition) is 2. The van der Waals surface area contributed by atoms with Gasteiger partial charge in [-0.25, -0.2) is 0 Å². The van der Waals surface area contributed by atoms with E-state index < -0.39 is 6.10 Å². The summed E-state index contributed by atoms with van der Waals surface area (Å²) in [4.78, 5) is 11.4. The summed E-state index contributed by atoms with van der Waals surface area (Å²) in [6.07, 6.45) is -0.383. The second-order valence-corrected chi connectivity index (χ2v) is 4.26. The summed E-state index contributed by atoms with van der Waals surface area (Å²) >= 11 is 0. The Morgan fingerprint density at radius 3 is 2.95 bits per heavy atom. The van der Waals surface area contributed by atoms with Crippen LogP contribution < -0.4 is 10.1 Å². The van der Waals surface area contributed by atoms with Gasteiger partial charge in [0.05, 0.1) is 18.6 Å². The Morgan fingerprint density at radius 2 is 2.32 bits per heavy atom. The fraction of sp³-hybridized carbons (Fsp3) is 0.429. The summed E-state index contributed by atoms with van der Waals surface area (Å²) in [5.74, 6) is 0.211. The standard InChI is InChI=1S/C14H18N2O3/c1-10-4-5-13(12(8-10)11(2)17)19-9-14(18)16-7-3-6-15/h4-5,8,11,17H,3,7,9H2,1-2H3,(H,16,18)/t11-/m1/s1. The number of carbonyl (C=O) groups excluding carboxylic acids is 1. The van der Waals surface area contributed by atoms with Crippen molar-refractivity contribution in [2.45, 2.75) is 26.4 Å². The van der Waals surface area contributed by atoms with Crippen molar-refractivity contribution in [2.75, 3.05) is 13.2 Å². The minimum Gasteiger partial charge on any atom is -0.483 e. The SMILES string of the molecule is Cc1ccc(OCC(=O)NCCC#N)c([C@@H](C)O)c1. The second kappa shape index (κ2) is 7.39. The highest BCUT2D eigenvalue weighted by atomic mass is 16.5. The quantitative estimate of drug-likeness (QED) is 0.760. The van der Waals surface area contributed by atoms with Crippen LogP contribution in [0.2, 0.25) is 0 Å². The molecule has 1 aromatic carbocycles. The average Bonchev–Trinajstić information content (AvgIpc) is 2.37. The predicted molar refractivity (Wildman–Crippen MR) is 70.5 cm³/mol. The first-order chi connectivity index (χ1) is 9.04. The van der Waals surface area contributed by atoms with Crippen LogP contribution in [0.4, 0.5) is 0 Å². The van der Waals surface area contributed by atoms with E-state index in [2.05, 4.69) is 5.32 Å². The molecule has 19 heavy (non-hydrogen) atoms. The van der Waals surface area contributed by atoms with E-state index in [1.807, 2.05) is 25.1 Å². The van der Waals surface area contributed by atoms with Gasteiger partial charge in [-0.15, -0.1) is 0 Å². The van der Waals surface area contributed by atoms with Gasteiger partial charge in [0.25, 0.3) is 5.91 Å². The van der Waals surface area contributed by atoms with Gasteiger partial charge in [0.15, 0.2) is 6.61 Å². The zero-order valence-electron chi connectivity index (χ0n) is 11.1. The number of aliphatic hydroxyl groups excluding tert-OH is 1. The average molecular weight is 262 g/mol. The normalized spacial score (nSPS) is 11.5. The molecule has 0 aromatic heterocycles. The molecule has 5 heteroatoms. The van der Waals surface area contributed by atoms with Crippen molar-refractivity contribution in [3.05, 3.63) is 29.3 Å². The lowest BCUT2D eigenvalue weighted by Gasteiger charge is -2.14. The van der Waals surface area contributed by atoms with Crippen molar-refractivity contribution in [2.24, 2.45) is 0 Å². The van der Waals surface area contributed by atoms with E-state index in [-0.39, 0.29) is 18.9 Å². The molecule has 0 spiro atoms. The lowest BCUT2D eigenvalue weighted by molar-refractivity contribution is -0.123.